The van der Waals surface area contributed by atoms with E-state index in [2.05, 4.69) is 5.10 Å². The summed E-state index contributed by atoms with van der Waals surface area (Å²) in [6, 6.07) is 8.59. The largest absolute Gasteiger partial charge is 0.319 e. The normalized spacial score (nSPS) is 11.9. The Hall–Kier alpha value is -3.49. The molecule has 5 nitrogen and oxygen atoms in total. The van der Waals surface area contributed by atoms with E-state index in [4.69, 9.17) is 0 Å². The first-order valence-electron chi connectivity index (χ1n) is 8.50. The lowest BCUT2D eigenvalue weighted by atomic mass is 10.1. The van der Waals surface area contributed by atoms with Gasteiger partial charge in [-0.05, 0) is 19.9 Å². The van der Waals surface area contributed by atoms with Gasteiger partial charge in [-0.15, -0.1) is 0 Å². The van der Waals surface area contributed by atoms with Crippen molar-refractivity contribution in [1.82, 2.24) is 9.78 Å². The molecule has 150 valence electrons. The van der Waals surface area contributed by atoms with E-state index >= 15 is 0 Å². The van der Waals surface area contributed by atoms with Crippen molar-refractivity contribution in [3.63, 3.8) is 0 Å². The van der Waals surface area contributed by atoms with Gasteiger partial charge in [-0.1, -0.05) is 29.8 Å². The molecule has 0 aliphatic carbocycles. The zero-order valence-corrected chi connectivity index (χ0v) is 15.3. The van der Waals surface area contributed by atoms with Crippen LogP contribution in [0, 0.1) is 30.2 Å². The average molecular weight is 405 g/mol. The number of benzene rings is 2. The summed E-state index contributed by atoms with van der Waals surface area (Å²) in [7, 11) is 0. The van der Waals surface area contributed by atoms with Crippen LogP contribution in [0.4, 0.5) is 23.2 Å². The van der Waals surface area contributed by atoms with E-state index in [1.165, 1.54) is 19.1 Å². The molecule has 9 heteroatoms. The first kappa shape index (κ1) is 20.2. The second-order valence-corrected chi connectivity index (χ2v) is 6.38. The van der Waals surface area contributed by atoms with Gasteiger partial charge in [0.25, 0.3) is 5.56 Å². The highest BCUT2D eigenvalue weighted by atomic mass is 19.2. The van der Waals surface area contributed by atoms with Gasteiger partial charge in [-0.25, -0.2) is 22.2 Å². The Labute approximate surface area is 162 Å². The molecule has 0 saturated heterocycles. The van der Waals surface area contributed by atoms with Crippen molar-refractivity contribution >= 4 is 11.6 Å². The first-order valence-corrected chi connectivity index (χ1v) is 8.50. The molecular formula is C20H15F4N3O2. The van der Waals surface area contributed by atoms with Crippen LogP contribution in [-0.2, 0) is 4.79 Å². The lowest BCUT2D eigenvalue weighted by Gasteiger charge is -2.16. The highest BCUT2D eigenvalue weighted by molar-refractivity contribution is 5.93. The van der Waals surface area contributed by atoms with Crippen LogP contribution < -0.4 is 10.9 Å². The van der Waals surface area contributed by atoms with Crippen molar-refractivity contribution in [1.29, 1.82) is 0 Å². The molecule has 0 spiro atoms. The smallest absolute Gasteiger partial charge is 0.267 e. The number of halogens is 4. The number of amides is 1. The minimum absolute atomic E-state index is 0.0286. The molecule has 1 unspecified atom stereocenters. The number of nitrogens with zero attached hydrogens (tertiary/aromatic N) is 2. The Kier molecular flexibility index (Phi) is 5.49. The van der Waals surface area contributed by atoms with Crippen LogP contribution in [0.15, 0.2) is 47.3 Å². The van der Waals surface area contributed by atoms with Gasteiger partial charge in [-0.3, -0.25) is 9.59 Å². The molecule has 0 radical (unpaired) electrons. The fourth-order valence-corrected chi connectivity index (χ4v) is 2.60. The maximum absolute atomic E-state index is 13.8. The van der Waals surface area contributed by atoms with Crippen LogP contribution in [-0.4, -0.2) is 15.7 Å². The zero-order chi connectivity index (χ0) is 21.3. The molecular weight excluding hydrogens is 390 g/mol. The Morgan fingerprint density at radius 1 is 1.00 bits per heavy atom. The molecule has 0 bridgehead atoms. The first-order chi connectivity index (χ1) is 13.7. The molecule has 3 aromatic rings. The third-order valence-electron chi connectivity index (χ3n) is 4.28. The SMILES string of the molecule is Cc1ccc(-c2ccc(=O)n(C(C)C(=O)Nc3c(F)c(F)cc(F)c3F)n2)cc1. The van der Waals surface area contributed by atoms with Crippen molar-refractivity contribution < 1.29 is 22.4 Å². The monoisotopic (exact) mass is 405 g/mol. The summed E-state index contributed by atoms with van der Waals surface area (Å²) in [5.74, 6) is -7.91. The summed E-state index contributed by atoms with van der Waals surface area (Å²) >= 11 is 0. The van der Waals surface area contributed by atoms with Crippen molar-refractivity contribution in [2.75, 3.05) is 5.32 Å². The summed E-state index contributed by atoms with van der Waals surface area (Å²) in [4.78, 5) is 24.5. The molecule has 1 amide bonds. The van der Waals surface area contributed by atoms with Crippen LogP contribution in [0.2, 0.25) is 0 Å². The molecule has 1 aromatic heterocycles. The van der Waals surface area contributed by atoms with Crippen molar-refractivity contribution in [3.8, 4) is 11.3 Å². The Bertz CT molecular complexity index is 1120. The van der Waals surface area contributed by atoms with Gasteiger partial charge >= 0.3 is 0 Å². The van der Waals surface area contributed by atoms with Crippen LogP contribution in [0.25, 0.3) is 11.3 Å². The van der Waals surface area contributed by atoms with Crippen LogP contribution >= 0.6 is 0 Å². The average Bonchev–Trinajstić information content (AvgIpc) is 2.70. The molecule has 0 aliphatic heterocycles. The summed E-state index contributed by atoms with van der Waals surface area (Å²) in [6.45, 7) is 3.16. The number of carbonyl (C=O) groups is 1. The van der Waals surface area contributed by atoms with Crippen molar-refractivity contribution in [2.24, 2.45) is 0 Å². The van der Waals surface area contributed by atoms with Gasteiger partial charge in [-0.2, -0.15) is 5.10 Å². The van der Waals surface area contributed by atoms with E-state index in [1.54, 1.807) is 17.4 Å². The number of hydrogen-bond donors (Lipinski definition) is 1. The molecule has 29 heavy (non-hydrogen) atoms. The Morgan fingerprint density at radius 3 is 2.17 bits per heavy atom. The molecule has 1 heterocycles. The molecule has 3 rings (SSSR count). The predicted octanol–water partition coefficient (Wildman–Crippen LogP) is 3.97. The molecule has 0 saturated carbocycles. The minimum atomic E-state index is -1.75. The number of hydrogen-bond acceptors (Lipinski definition) is 3. The highest BCUT2D eigenvalue weighted by Crippen LogP contribution is 2.25. The molecule has 1 atom stereocenters. The highest BCUT2D eigenvalue weighted by Gasteiger charge is 2.24. The van der Waals surface area contributed by atoms with Gasteiger partial charge < -0.3 is 5.32 Å². The Morgan fingerprint density at radius 2 is 1.59 bits per heavy atom. The predicted molar refractivity (Wildman–Crippen MR) is 98.3 cm³/mol. The maximum Gasteiger partial charge on any atom is 0.267 e. The molecule has 0 aliphatic rings. The third kappa shape index (κ3) is 4.03. The fourth-order valence-electron chi connectivity index (χ4n) is 2.60. The number of anilines is 1. The lowest BCUT2D eigenvalue weighted by Crippen LogP contribution is -2.33. The third-order valence-corrected chi connectivity index (χ3v) is 4.28. The van der Waals surface area contributed by atoms with Crippen molar-refractivity contribution in [2.45, 2.75) is 19.9 Å². The quantitative estimate of drug-likeness (QED) is 0.528. The Balaban J connectivity index is 1.94. The fraction of sp³-hybridized carbons (Fsp3) is 0.150. The van der Waals surface area contributed by atoms with Crippen LogP contribution in [0.1, 0.15) is 18.5 Å². The van der Waals surface area contributed by atoms with E-state index in [9.17, 15) is 27.2 Å². The second-order valence-electron chi connectivity index (χ2n) is 6.38. The van der Waals surface area contributed by atoms with Gasteiger partial charge in [0.2, 0.25) is 5.91 Å². The van der Waals surface area contributed by atoms with Gasteiger partial charge in [0.05, 0.1) is 5.69 Å². The summed E-state index contributed by atoms with van der Waals surface area (Å²) in [6.07, 6.45) is 0. The van der Waals surface area contributed by atoms with E-state index in [1.807, 2.05) is 19.1 Å². The molecule has 1 N–H and O–H groups in total. The standard InChI is InChI=1S/C20H15F4N3O2/c1-10-3-5-12(6-4-10)15-7-8-16(28)27(26-15)11(2)20(29)25-19-17(23)13(21)9-14(22)18(19)24/h3-9,11H,1-2H3,(H,25,29). The van der Waals surface area contributed by atoms with E-state index in [0.717, 1.165) is 10.2 Å². The second kappa shape index (κ2) is 7.86. The summed E-state index contributed by atoms with van der Waals surface area (Å²) in [5, 5.41) is 5.91. The number of aryl methyl sites for hydroxylation is 1. The number of nitrogens with one attached hydrogen (secondary N) is 1. The van der Waals surface area contributed by atoms with Gasteiger partial charge in [0.1, 0.15) is 11.7 Å². The summed E-state index contributed by atoms with van der Waals surface area (Å²) in [5.41, 5.74) is 0.165. The maximum atomic E-state index is 13.8. The van der Waals surface area contributed by atoms with E-state index in [0.29, 0.717) is 11.3 Å². The van der Waals surface area contributed by atoms with E-state index in [-0.39, 0.29) is 6.07 Å². The number of carbonyl (C=O) groups excluding carboxylic acids is 1. The zero-order valence-electron chi connectivity index (χ0n) is 15.3. The van der Waals surface area contributed by atoms with Crippen LogP contribution in [0.5, 0.6) is 0 Å². The molecule has 0 fully saturated rings. The van der Waals surface area contributed by atoms with Gasteiger partial charge in [0.15, 0.2) is 23.3 Å². The number of aromatic nitrogens is 2. The van der Waals surface area contributed by atoms with Crippen molar-refractivity contribution in [3.05, 3.63) is 81.7 Å². The molecule has 2 aromatic carbocycles. The minimum Gasteiger partial charge on any atom is -0.319 e. The topological polar surface area (TPSA) is 64.0 Å². The number of rotatable bonds is 4. The summed E-state index contributed by atoms with van der Waals surface area (Å²) < 4.78 is 55.0. The lowest BCUT2D eigenvalue weighted by molar-refractivity contribution is -0.119. The van der Waals surface area contributed by atoms with Gasteiger partial charge in [0, 0.05) is 17.7 Å². The van der Waals surface area contributed by atoms with Crippen LogP contribution in [0.3, 0.4) is 0 Å². The van der Waals surface area contributed by atoms with E-state index < -0.39 is 46.5 Å².